The molecule has 0 spiro atoms. The Kier molecular flexibility index (Phi) is 5.28. The smallest absolute Gasteiger partial charge is 0.323 e. The van der Waals surface area contributed by atoms with Crippen LogP contribution in [0.5, 0.6) is 0 Å². The Morgan fingerprint density at radius 2 is 2.33 bits per heavy atom. The van der Waals surface area contributed by atoms with Gasteiger partial charge in [-0.3, -0.25) is 4.90 Å². The summed E-state index contributed by atoms with van der Waals surface area (Å²) < 4.78 is 0.946. The molecule has 0 aliphatic heterocycles. The van der Waals surface area contributed by atoms with Crippen molar-refractivity contribution >= 4 is 60.2 Å². The third-order valence-electron chi connectivity index (χ3n) is 4.19. The number of thiazole rings is 1. The van der Waals surface area contributed by atoms with E-state index in [1.165, 1.54) is 16.2 Å². The summed E-state index contributed by atoms with van der Waals surface area (Å²) in [7, 11) is 1.70. The minimum Gasteiger partial charge on any atom is -0.335 e. The summed E-state index contributed by atoms with van der Waals surface area (Å²) in [5, 5.41) is 13.5. The predicted molar refractivity (Wildman–Crippen MR) is 101 cm³/mol. The van der Waals surface area contributed by atoms with E-state index in [-0.39, 0.29) is 22.8 Å². The Morgan fingerprint density at radius 1 is 1.54 bits per heavy atom. The number of nitrogens with one attached hydrogen (secondary N) is 1. The molecule has 126 valence electrons. The van der Waals surface area contributed by atoms with Crippen molar-refractivity contribution in [2.45, 2.75) is 30.1 Å². The number of rotatable bonds is 2. The van der Waals surface area contributed by atoms with Crippen LogP contribution in [0.3, 0.4) is 0 Å². The predicted octanol–water partition coefficient (Wildman–Crippen LogP) is 4.55. The van der Waals surface area contributed by atoms with Crippen molar-refractivity contribution < 1.29 is 4.79 Å². The molecule has 1 heterocycles. The molecule has 24 heavy (non-hydrogen) atoms. The fraction of sp³-hybridized carbons (Fsp3) is 0.438. The average molecular weight is 428 g/mol. The first-order valence-electron chi connectivity index (χ1n) is 7.62. The molecule has 0 radical (unpaired) electrons. The molecule has 1 saturated carbocycles. The zero-order chi connectivity index (χ0) is 17.3. The zero-order valence-electron chi connectivity index (χ0n) is 13.0. The number of aromatic nitrogens is 1. The van der Waals surface area contributed by atoms with Gasteiger partial charge in [0.25, 0.3) is 0 Å². The van der Waals surface area contributed by atoms with Gasteiger partial charge in [0.05, 0.1) is 22.2 Å². The van der Waals surface area contributed by atoms with Crippen LogP contribution in [0, 0.1) is 17.2 Å². The van der Waals surface area contributed by atoms with E-state index in [1.807, 2.05) is 12.1 Å². The van der Waals surface area contributed by atoms with Crippen LogP contribution >= 0.6 is 38.9 Å². The van der Waals surface area contributed by atoms with E-state index in [1.54, 1.807) is 13.1 Å². The van der Waals surface area contributed by atoms with Crippen molar-refractivity contribution in [3.8, 4) is 6.07 Å². The molecule has 0 bridgehead atoms. The van der Waals surface area contributed by atoms with Crippen LogP contribution in [0.25, 0.3) is 10.2 Å². The Balaban J connectivity index is 1.69. The van der Waals surface area contributed by atoms with E-state index in [4.69, 9.17) is 11.6 Å². The molecule has 1 fully saturated rings. The summed E-state index contributed by atoms with van der Waals surface area (Å²) in [6.45, 7) is 0. The number of alkyl halides is 1. The highest BCUT2D eigenvalue weighted by molar-refractivity contribution is 9.09. The van der Waals surface area contributed by atoms with Crippen LogP contribution in [0.1, 0.15) is 19.3 Å². The number of hydrogen-bond acceptors (Lipinski definition) is 4. The number of amides is 2. The van der Waals surface area contributed by atoms with Gasteiger partial charge >= 0.3 is 6.03 Å². The molecule has 2 aromatic rings. The molecule has 1 N–H and O–H groups in total. The van der Waals surface area contributed by atoms with Gasteiger partial charge in [0, 0.05) is 22.9 Å². The van der Waals surface area contributed by atoms with Gasteiger partial charge in [-0.25, -0.2) is 9.78 Å². The van der Waals surface area contributed by atoms with Gasteiger partial charge in [-0.1, -0.05) is 38.9 Å². The highest BCUT2D eigenvalue weighted by atomic mass is 79.9. The molecular weight excluding hydrogens is 412 g/mol. The van der Waals surface area contributed by atoms with Gasteiger partial charge in [-0.15, -0.1) is 0 Å². The highest BCUT2D eigenvalue weighted by Crippen LogP contribution is 2.32. The van der Waals surface area contributed by atoms with E-state index in [9.17, 15) is 10.1 Å². The highest BCUT2D eigenvalue weighted by Gasteiger charge is 2.30. The number of fused-ring (bicyclic) bond motifs is 1. The second-order valence-electron chi connectivity index (χ2n) is 5.88. The number of carbonyl (C=O) groups excluding carboxylic acids is 1. The summed E-state index contributed by atoms with van der Waals surface area (Å²) >= 11 is 11.0. The number of halogens is 2. The van der Waals surface area contributed by atoms with Crippen LogP contribution in [-0.2, 0) is 0 Å². The minimum absolute atomic E-state index is 0.0159. The van der Waals surface area contributed by atoms with E-state index in [0.717, 1.165) is 23.1 Å². The molecule has 0 saturated heterocycles. The largest absolute Gasteiger partial charge is 0.335 e. The normalized spacial score (nSPS) is 23.7. The molecule has 2 unspecified atom stereocenters. The number of carbonyl (C=O) groups is 1. The fourth-order valence-corrected chi connectivity index (χ4v) is 4.59. The monoisotopic (exact) mass is 426 g/mol. The first-order valence-corrected chi connectivity index (χ1v) is 9.73. The maximum Gasteiger partial charge on any atom is 0.323 e. The van der Waals surface area contributed by atoms with Crippen LogP contribution < -0.4 is 10.2 Å². The quantitative estimate of drug-likeness (QED) is 0.715. The first-order chi connectivity index (χ1) is 11.5. The summed E-state index contributed by atoms with van der Waals surface area (Å²) in [6, 6.07) is 7.60. The van der Waals surface area contributed by atoms with E-state index in [0.29, 0.717) is 16.6 Å². The fourth-order valence-electron chi connectivity index (χ4n) is 2.79. The second-order valence-corrected chi connectivity index (χ2v) is 8.50. The Labute approximate surface area is 157 Å². The molecule has 5 nitrogen and oxygen atoms in total. The Hall–Kier alpha value is -1.36. The molecule has 1 aromatic carbocycles. The summed E-state index contributed by atoms with van der Waals surface area (Å²) in [6.07, 6.45) is 2.41. The van der Waals surface area contributed by atoms with Crippen molar-refractivity contribution in [3.63, 3.8) is 0 Å². The minimum atomic E-state index is -0.199. The topological polar surface area (TPSA) is 69.0 Å². The second kappa shape index (κ2) is 7.26. The third-order valence-corrected chi connectivity index (χ3v) is 6.62. The first kappa shape index (κ1) is 17.5. The van der Waals surface area contributed by atoms with Gasteiger partial charge < -0.3 is 5.32 Å². The van der Waals surface area contributed by atoms with Crippen molar-refractivity contribution in [2.75, 3.05) is 11.9 Å². The SMILES string of the molecule is CN(C(=O)NC1CCC(Br)[C@@H](C#N)C1)c1nc2ccc(Cl)cc2s1. The number of benzene rings is 1. The lowest BCUT2D eigenvalue weighted by Crippen LogP contribution is -2.46. The molecule has 3 atom stereocenters. The lowest BCUT2D eigenvalue weighted by molar-refractivity contribution is 0.237. The summed E-state index contributed by atoms with van der Waals surface area (Å²) in [5.41, 5.74) is 0.823. The van der Waals surface area contributed by atoms with Crippen LogP contribution in [0.2, 0.25) is 5.02 Å². The third kappa shape index (κ3) is 3.66. The molecule has 1 aromatic heterocycles. The van der Waals surface area contributed by atoms with Crippen molar-refractivity contribution in [1.82, 2.24) is 10.3 Å². The van der Waals surface area contributed by atoms with E-state index < -0.39 is 0 Å². The van der Waals surface area contributed by atoms with Crippen LogP contribution in [0.4, 0.5) is 9.93 Å². The molecule has 1 aliphatic rings. The lowest BCUT2D eigenvalue weighted by atomic mass is 9.86. The van der Waals surface area contributed by atoms with E-state index >= 15 is 0 Å². The van der Waals surface area contributed by atoms with Gasteiger partial charge in [0.2, 0.25) is 0 Å². The molecule has 3 rings (SSSR count). The Morgan fingerprint density at radius 3 is 3.08 bits per heavy atom. The molecule has 2 amide bonds. The maximum atomic E-state index is 12.5. The van der Waals surface area contributed by atoms with Gasteiger partial charge in [-0.05, 0) is 37.5 Å². The number of nitrogens with zero attached hydrogens (tertiary/aromatic N) is 3. The van der Waals surface area contributed by atoms with Crippen molar-refractivity contribution in [3.05, 3.63) is 23.2 Å². The number of nitriles is 1. The van der Waals surface area contributed by atoms with Crippen molar-refractivity contribution in [2.24, 2.45) is 5.92 Å². The van der Waals surface area contributed by atoms with Gasteiger partial charge in [-0.2, -0.15) is 5.26 Å². The van der Waals surface area contributed by atoms with Gasteiger partial charge in [0.1, 0.15) is 0 Å². The van der Waals surface area contributed by atoms with Crippen LogP contribution in [0.15, 0.2) is 18.2 Å². The lowest BCUT2D eigenvalue weighted by Gasteiger charge is -2.30. The molecular formula is C16H16BrClN4OS. The number of anilines is 1. The maximum absolute atomic E-state index is 12.5. The zero-order valence-corrected chi connectivity index (χ0v) is 16.2. The number of hydrogen-bond donors (Lipinski definition) is 1. The number of urea groups is 1. The van der Waals surface area contributed by atoms with E-state index in [2.05, 4.69) is 32.3 Å². The van der Waals surface area contributed by atoms with Gasteiger partial charge in [0.15, 0.2) is 5.13 Å². The standard InChI is InChI=1S/C16H16BrClN4OS/c1-22(16-21-13-5-2-10(18)7-14(13)24-16)15(23)20-11-3-4-12(17)9(6-11)8-19/h2,5,7,9,11-12H,3-4,6H2,1H3,(H,20,23)/t9-,11?,12?/m1/s1. The summed E-state index contributed by atoms with van der Waals surface area (Å²) in [4.78, 5) is 18.7. The average Bonchev–Trinajstić information content (AvgIpc) is 2.98. The molecule has 1 aliphatic carbocycles. The Bertz CT molecular complexity index is 805. The molecule has 8 heteroatoms. The van der Waals surface area contributed by atoms with Crippen molar-refractivity contribution in [1.29, 1.82) is 5.26 Å². The summed E-state index contributed by atoms with van der Waals surface area (Å²) in [5.74, 6) is -0.0704. The van der Waals surface area contributed by atoms with Crippen LogP contribution in [-0.4, -0.2) is 28.9 Å².